The fourth-order valence-electron chi connectivity index (χ4n) is 7.87. The molecule has 0 aliphatic carbocycles. The van der Waals surface area contributed by atoms with Gasteiger partial charge in [-0.15, -0.1) is 5.10 Å². The average molecular weight is 1030 g/mol. The van der Waals surface area contributed by atoms with Crippen LogP contribution in [0.2, 0.25) is 0 Å². The number of anilines is 1. The molecule has 2 amide bonds. The molecule has 0 radical (unpaired) electrons. The highest BCUT2D eigenvalue weighted by molar-refractivity contribution is 5.95. The molecule has 16 heteroatoms. The number of aryl methyl sites for hydroxylation is 2. The van der Waals surface area contributed by atoms with Crippen LogP contribution in [0.4, 0.5) is 10.5 Å². The topological polar surface area (TPSA) is 163 Å². The molecule has 2 heterocycles. The zero-order chi connectivity index (χ0) is 53.2. The molecule has 410 valence electrons. The molecule has 74 heavy (non-hydrogen) atoms. The van der Waals surface area contributed by atoms with E-state index < -0.39 is 5.60 Å². The Bertz CT molecular complexity index is 2170. The summed E-state index contributed by atoms with van der Waals surface area (Å²) >= 11 is 0. The number of amides is 2. The van der Waals surface area contributed by atoms with Gasteiger partial charge in [-0.25, -0.2) is 4.79 Å². The molecule has 0 unspecified atom stereocenters. The van der Waals surface area contributed by atoms with E-state index in [-0.39, 0.29) is 36.0 Å². The number of benzene rings is 3. The van der Waals surface area contributed by atoms with Gasteiger partial charge >= 0.3 is 6.09 Å². The van der Waals surface area contributed by atoms with E-state index in [0.29, 0.717) is 108 Å². The Kier molecular flexibility index (Phi) is 24.8. The van der Waals surface area contributed by atoms with E-state index in [1.54, 1.807) is 18.2 Å². The van der Waals surface area contributed by atoms with Gasteiger partial charge in [-0.3, -0.25) is 14.4 Å². The van der Waals surface area contributed by atoms with Crippen LogP contribution in [-0.2, 0) is 47.5 Å². The summed E-state index contributed by atoms with van der Waals surface area (Å²) in [6.45, 7) is 25.5. The van der Waals surface area contributed by atoms with Crippen molar-refractivity contribution < 1.29 is 52.2 Å². The number of fused-ring (bicyclic) bond motifs is 4. The van der Waals surface area contributed by atoms with Crippen molar-refractivity contribution in [3.8, 4) is 23.0 Å². The van der Waals surface area contributed by atoms with Gasteiger partial charge in [-0.1, -0.05) is 84.6 Å². The lowest BCUT2D eigenvalue weighted by Gasteiger charge is -2.31. The monoisotopic (exact) mass is 1030 g/mol. The Morgan fingerprint density at radius 3 is 1.61 bits per heavy atom. The molecule has 3 aromatic carbocycles. The molecule has 1 N–H and O–H groups in total. The third kappa shape index (κ3) is 23.0. The number of carbonyl (C=O) groups excluding carboxylic acids is 2. The van der Waals surface area contributed by atoms with E-state index in [0.717, 1.165) is 75.7 Å². The lowest BCUT2D eigenvalue weighted by atomic mass is 9.80. The number of unbranched alkanes of at least 4 members (excludes halogenated alkanes) is 6. The number of nitrogens with one attached hydrogen (secondary N) is 1. The maximum atomic E-state index is 13.6. The van der Waals surface area contributed by atoms with Gasteiger partial charge in [-0.05, 0) is 111 Å². The van der Waals surface area contributed by atoms with Gasteiger partial charge in [0.1, 0.15) is 55.0 Å². The standard InChI is InChI=1S/C58H87N5O11/c1-56(2,3)46-39-47(57(4,5)6)41-49(40-46)63(55(65)74-58(7,8)9)24-17-12-10-14-19-48-44-62(61-60-48)23-16-13-11-15-22-59-54(64)45-37-52-43-53(38-45)73-36-32-69-28-26-67-30-34-71-51-21-18-20-50(42-51)70-33-29-66-25-27-68-31-35-72-52/h18,20-21,37-44H,10-17,19,22-36H2,1-9H3,(H,59,64). The molecule has 0 fully saturated rings. The van der Waals surface area contributed by atoms with Gasteiger partial charge in [0.05, 0.1) is 58.5 Å². The first kappa shape index (κ1) is 59.5. The minimum atomic E-state index is -0.593. The first-order valence-electron chi connectivity index (χ1n) is 26.8. The number of carbonyl (C=O) groups is 2. The summed E-state index contributed by atoms with van der Waals surface area (Å²) < 4.78 is 54.1. The van der Waals surface area contributed by atoms with E-state index >= 15 is 0 Å². The molecule has 1 aliphatic rings. The lowest BCUT2D eigenvalue weighted by molar-refractivity contribution is 0.0260. The van der Waals surface area contributed by atoms with E-state index in [1.807, 2.05) is 54.6 Å². The molecular formula is C58H87N5O11. The lowest BCUT2D eigenvalue weighted by Crippen LogP contribution is -2.38. The fraction of sp³-hybridized carbons (Fsp3) is 0.621. The molecule has 4 bridgehead atoms. The van der Waals surface area contributed by atoms with Gasteiger partial charge in [0.15, 0.2) is 0 Å². The SMILES string of the molecule is CC(C)(C)OC(=O)N(CCCCCCc1cn(CCCCCCNC(=O)c2cc3cc(c2)OCCOCCOCCOc2cccc(c2)OCCOCCOCCO3)nn1)c1cc(C(C)(C)C)cc(C(C)(C)C)c1. The van der Waals surface area contributed by atoms with Crippen molar-refractivity contribution in [2.24, 2.45) is 0 Å². The first-order chi connectivity index (χ1) is 35.4. The molecular weight excluding hydrogens is 943 g/mol. The molecule has 5 rings (SSSR count). The molecule has 0 spiro atoms. The summed E-state index contributed by atoms with van der Waals surface area (Å²) in [6, 6.07) is 19.3. The van der Waals surface area contributed by atoms with Crippen molar-refractivity contribution in [2.75, 3.05) is 97.3 Å². The second-order valence-corrected chi connectivity index (χ2v) is 21.7. The van der Waals surface area contributed by atoms with Crippen molar-refractivity contribution in [1.29, 1.82) is 0 Å². The Hall–Kier alpha value is -5.42. The van der Waals surface area contributed by atoms with Crippen molar-refractivity contribution in [2.45, 2.75) is 143 Å². The summed E-state index contributed by atoms with van der Waals surface area (Å²) in [5.41, 5.74) is 4.02. The van der Waals surface area contributed by atoms with E-state index in [4.69, 9.17) is 42.6 Å². The minimum Gasteiger partial charge on any atom is -0.491 e. The number of hydrogen-bond acceptors (Lipinski definition) is 13. The smallest absolute Gasteiger partial charge is 0.414 e. The average Bonchev–Trinajstić information content (AvgIpc) is 3.80. The number of nitrogens with zero attached hydrogens (tertiary/aromatic N) is 4. The molecule has 0 saturated carbocycles. The molecule has 1 aromatic heterocycles. The third-order valence-electron chi connectivity index (χ3n) is 12.0. The summed E-state index contributed by atoms with van der Waals surface area (Å²) in [5.74, 6) is 2.23. The summed E-state index contributed by atoms with van der Waals surface area (Å²) in [7, 11) is 0. The molecule has 0 saturated heterocycles. The van der Waals surface area contributed by atoms with Gasteiger partial charge in [0.25, 0.3) is 5.91 Å². The number of aromatic nitrogens is 3. The van der Waals surface area contributed by atoms with Crippen molar-refractivity contribution >= 4 is 17.7 Å². The second kappa shape index (κ2) is 30.8. The maximum Gasteiger partial charge on any atom is 0.414 e. The minimum absolute atomic E-state index is 0.0662. The molecule has 16 nitrogen and oxygen atoms in total. The molecule has 0 atom stereocenters. The van der Waals surface area contributed by atoms with Crippen molar-refractivity contribution in [3.05, 3.63) is 89.2 Å². The summed E-state index contributed by atoms with van der Waals surface area (Å²) in [5, 5.41) is 11.9. The number of ether oxygens (including phenoxy) is 9. The Balaban J connectivity index is 0.989. The van der Waals surface area contributed by atoms with Crippen LogP contribution in [0.5, 0.6) is 23.0 Å². The van der Waals surface area contributed by atoms with Crippen LogP contribution >= 0.6 is 0 Å². The predicted molar refractivity (Wildman–Crippen MR) is 289 cm³/mol. The van der Waals surface area contributed by atoms with Crippen LogP contribution < -0.4 is 29.2 Å². The van der Waals surface area contributed by atoms with E-state index in [9.17, 15) is 9.59 Å². The van der Waals surface area contributed by atoms with E-state index in [1.165, 1.54) is 11.1 Å². The van der Waals surface area contributed by atoms with Crippen LogP contribution in [0.3, 0.4) is 0 Å². The van der Waals surface area contributed by atoms with Crippen LogP contribution in [0, 0.1) is 0 Å². The maximum absolute atomic E-state index is 13.6. The normalized spacial score (nSPS) is 15.1. The Morgan fingerprint density at radius 2 is 1.07 bits per heavy atom. The zero-order valence-electron chi connectivity index (χ0n) is 46.1. The third-order valence-corrected chi connectivity index (χ3v) is 12.0. The first-order valence-corrected chi connectivity index (χ1v) is 26.8. The van der Waals surface area contributed by atoms with Crippen LogP contribution in [0.1, 0.15) is 141 Å². The van der Waals surface area contributed by atoms with Crippen LogP contribution in [0.15, 0.2) is 66.9 Å². The fourth-order valence-corrected chi connectivity index (χ4v) is 7.87. The number of rotatable bonds is 16. The quantitative estimate of drug-likeness (QED) is 0.106. The van der Waals surface area contributed by atoms with Crippen molar-refractivity contribution in [1.82, 2.24) is 20.3 Å². The summed E-state index contributed by atoms with van der Waals surface area (Å²) in [6.07, 6.45) is 10.3. The van der Waals surface area contributed by atoms with Gasteiger partial charge in [-0.2, -0.15) is 0 Å². The molecule has 4 aromatic rings. The van der Waals surface area contributed by atoms with E-state index in [2.05, 4.69) is 81.6 Å². The van der Waals surface area contributed by atoms with Crippen LogP contribution in [0.25, 0.3) is 0 Å². The summed E-state index contributed by atoms with van der Waals surface area (Å²) in [4.78, 5) is 28.8. The van der Waals surface area contributed by atoms with Crippen LogP contribution in [-0.4, -0.2) is 125 Å². The molecule has 1 aliphatic heterocycles. The predicted octanol–water partition coefficient (Wildman–Crippen LogP) is 10.7. The highest BCUT2D eigenvalue weighted by Gasteiger charge is 2.27. The second-order valence-electron chi connectivity index (χ2n) is 21.7. The Morgan fingerprint density at radius 1 is 0.581 bits per heavy atom. The Labute approximate surface area is 441 Å². The highest BCUT2D eigenvalue weighted by Crippen LogP contribution is 2.34. The largest absolute Gasteiger partial charge is 0.491 e. The zero-order valence-corrected chi connectivity index (χ0v) is 46.1. The van der Waals surface area contributed by atoms with Gasteiger partial charge < -0.3 is 47.9 Å². The van der Waals surface area contributed by atoms with Gasteiger partial charge in [0, 0.05) is 49.2 Å². The number of hydrogen-bond donors (Lipinski definition) is 1. The van der Waals surface area contributed by atoms with Gasteiger partial charge in [0.2, 0.25) is 0 Å². The van der Waals surface area contributed by atoms with Crippen molar-refractivity contribution in [3.63, 3.8) is 0 Å². The highest BCUT2D eigenvalue weighted by atomic mass is 16.6.